The number of phenolic OH excluding ortho intramolecular Hbond substituents is 1. The first kappa shape index (κ1) is 19.3. The maximum atomic E-state index is 13.6. The van der Waals surface area contributed by atoms with Crippen molar-refractivity contribution in [3.63, 3.8) is 0 Å². The number of nitrogens with zero attached hydrogens (tertiary/aromatic N) is 2. The van der Waals surface area contributed by atoms with Gasteiger partial charge in [0.15, 0.2) is 0 Å². The Bertz CT molecular complexity index is 818. The molecule has 0 saturated carbocycles. The third kappa shape index (κ3) is 2.58. The van der Waals surface area contributed by atoms with Crippen LogP contribution >= 0.6 is 0 Å². The smallest absolute Gasteiger partial charge is 0.245 e. The number of fused-ring (bicyclic) bond motifs is 4. The molecule has 0 aromatic heterocycles. The van der Waals surface area contributed by atoms with E-state index in [4.69, 9.17) is 0 Å². The zero-order valence-corrected chi connectivity index (χ0v) is 17.5. The van der Waals surface area contributed by atoms with Crippen molar-refractivity contribution < 1.29 is 14.7 Å². The fraction of sp³-hybridized carbons (Fsp3) is 0.652. The molecule has 0 radical (unpaired) electrons. The van der Waals surface area contributed by atoms with E-state index in [9.17, 15) is 14.7 Å². The van der Waals surface area contributed by atoms with Crippen LogP contribution in [0.2, 0.25) is 0 Å². The molecule has 28 heavy (non-hydrogen) atoms. The summed E-state index contributed by atoms with van der Waals surface area (Å²) in [5.41, 5.74) is 2.01. The highest BCUT2D eigenvalue weighted by Crippen LogP contribution is 2.57. The minimum atomic E-state index is -0.336. The Morgan fingerprint density at radius 1 is 1.11 bits per heavy atom. The number of hydrogen-bond acceptors (Lipinski definition) is 3. The van der Waals surface area contributed by atoms with E-state index in [0.29, 0.717) is 25.3 Å². The van der Waals surface area contributed by atoms with Gasteiger partial charge in [0.25, 0.3) is 0 Å². The number of carbonyl (C=O) groups is 2. The minimum absolute atomic E-state index is 0.00853. The molecule has 1 unspecified atom stereocenters. The molecule has 2 fully saturated rings. The van der Waals surface area contributed by atoms with Crippen molar-refractivity contribution in [3.05, 3.63) is 29.3 Å². The van der Waals surface area contributed by atoms with Gasteiger partial charge in [0.1, 0.15) is 11.8 Å². The van der Waals surface area contributed by atoms with Crippen LogP contribution in [0.1, 0.15) is 64.5 Å². The van der Waals surface area contributed by atoms with Crippen LogP contribution in [0.15, 0.2) is 18.2 Å². The first-order chi connectivity index (χ1) is 13.2. The lowest BCUT2D eigenvalue weighted by molar-refractivity contribution is -0.155. The van der Waals surface area contributed by atoms with Crippen molar-refractivity contribution in [3.8, 4) is 5.75 Å². The van der Waals surface area contributed by atoms with Gasteiger partial charge in [-0.15, -0.1) is 0 Å². The van der Waals surface area contributed by atoms with Gasteiger partial charge in [0.2, 0.25) is 11.8 Å². The highest BCUT2D eigenvalue weighted by molar-refractivity contribution is 5.87. The Kier molecular flexibility index (Phi) is 4.48. The Morgan fingerprint density at radius 3 is 2.57 bits per heavy atom. The van der Waals surface area contributed by atoms with Gasteiger partial charge in [0, 0.05) is 31.5 Å². The summed E-state index contributed by atoms with van der Waals surface area (Å²) in [4.78, 5) is 29.5. The predicted octanol–water partition coefficient (Wildman–Crippen LogP) is 3.23. The summed E-state index contributed by atoms with van der Waals surface area (Å²) in [6.45, 7) is 9.75. The van der Waals surface area contributed by atoms with E-state index in [2.05, 4.69) is 26.8 Å². The largest absolute Gasteiger partial charge is 0.508 e. The number of carbonyl (C=O) groups excluding carboxylic acids is 2. The fourth-order valence-electron chi connectivity index (χ4n) is 5.95. The van der Waals surface area contributed by atoms with Crippen LogP contribution in [0.4, 0.5) is 0 Å². The zero-order valence-electron chi connectivity index (χ0n) is 17.5. The van der Waals surface area contributed by atoms with Crippen LogP contribution in [0, 0.1) is 5.41 Å². The van der Waals surface area contributed by atoms with E-state index in [0.717, 1.165) is 31.2 Å². The normalized spacial score (nSPS) is 31.3. The van der Waals surface area contributed by atoms with E-state index >= 15 is 0 Å². The maximum Gasteiger partial charge on any atom is 0.245 e. The number of hydrogen-bond donors (Lipinski definition) is 1. The standard InChI is InChI=1S/C23H32N2O3/c1-15(26)24-12-6-5-9-18(24)21(28)25-13-11-23(4)17-8-7-10-19(27)16(17)14-20(25)22(23,2)3/h7-8,10,18,20,27H,5-6,9,11-14H2,1-4H3/t18?,20-,23-/m0/s1. The van der Waals surface area contributed by atoms with Crippen LogP contribution in [-0.4, -0.2) is 51.9 Å². The molecular formula is C23H32N2O3. The van der Waals surface area contributed by atoms with Crippen molar-refractivity contribution in [2.75, 3.05) is 13.1 Å². The molecule has 3 atom stereocenters. The van der Waals surface area contributed by atoms with E-state index in [-0.39, 0.29) is 34.7 Å². The van der Waals surface area contributed by atoms with Crippen molar-refractivity contribution >= 4 is 11.8 Å². The van der Waals surface area contributed by atoms with Crippen molar-refractivity contribution in [1.82, 2.24) is 9.80 Å². The number of benzene rings is 1. The Labute approximate surface area is 167 Å². The van der Waals surface area contributed by atoms with Crippen LogP contribution in [0.25, 0.3) is 0 Å². The summed E-state index contributed by atoms with van der Waals surface area (Å²) in [6, 6.07) is 5.51. The summed E-state index contributed by atoms with van der Waals surface area (Å²) in [5, 5.41) is 10.5. The number of likely N-dealkylation sites (tertiary alicyclic amines) is 2. The molecule has 0 spiro atoms. The second-order valence-electron chi connectivity index (χ2n) is 9.58. The quantitative estimate of drug-likeness (QED) is 0.809. The molecule has 3 aliphatic rings. The van der Waals surface area contributed by atoms with Gasteiger partial charge in [0.05, 0.1) is 0 Å². The second kappa shape index (κ2) is 6.50. The second-order valence-corrected chi connectivity index (χ2v) is 9.58. The summed E-state index contributed by atoms with van der Waals surface area (Å²) >= 11 is 0. The molecule has 5 heteroatoms. The van der Waals surface area contributed by atoms with Gasteiger partial charge in [-0.05, 0) is 54.7 Å². The lowest BCUT2D eigenvalue weighted by atomic mass is 9.51. The topological polar surface area (TPSA) is 60.9 Å². The van der Waals surface area contributed by atoms with E-state index in [1.807, 2.05) is 11.0 Å². The molecule has 5 nitrogen and oxygen atoms in total. The van der Waals surface area contributed by atoms with Gasteiger partial charge in [-0.1, -0.05) is 32.9 Å². The Morgan fingerprint density at radius 2 is 1.86 bits per heavy atom. The Hall–Kier alpha value is -2.04. The van der Waals surface area contributed by atoms with E-state index < -0.39 is 0 Å². The number of amides is 2. The summed E-state index contributed by atoms with van der Waals surface area (Å²) in [5.74, 6) is 0.418. The highest BCUT2D eigenvalue weighted by Gasteiger charge is 2.57. The average molecular weight is 385 g/mol. The molecule has 2 saturated heterocycles. The predicted molar refractivity (Wildman–Crippen MR) is 108 cm³/mol. The van der Waals surface area contributed by atoms with Gasteiger partial charge in [-0.3, -0.25) is 9.59 Å². The molecule has 1 N–H and O–H groups in total. The number of rotatable bonds is 1. The third-order valence-electron chi connectivity index (χ3n) is 8.10. The summed E-state index contributed by atoms with van der Waals surface area (Å²) in [7, 11) is 0. The monoisotopic (exact) mass is 384 g/mol. The highest BCUT2D eigenvalue weighted by atomic mass is 16.3. The fourth-order valence-corrected chi connectivity index (χ4v) is 5.95. The first-order valence-corrected chi connectivity index (χ1v) is 10.6. The molecule has 1 aromatic carbocycles. The van der Waals surface area contributed by atoms with Crippen LogP contribution < -0.4 is 0 Å². The molecule has 1 aromatic rings. The summed E-state index contributed by atoms with van der Waals surface area (Å²) < 4.78 is 0. The minimum Gasteiger partial charge on any atom is -0.508 e. The van der Waals surface area contributed by atoms with Crippen molar-refractivity contribution in [2.24, 2.45) is 5.41 Å². The van der Waals surface area contributed by atoms with Gasteiger partial charge < -0.3 is 14.9 Å². The molecule has 152 valence electrons. The lowest BCUT2D eigenvalue weighted by Gasteiger charge is -2.61. The molecule has 2 aliphatic heterocycles. The van der Waals surface area contributed by atoms with Gasteiger partial charge >= 0.3 is 0 Å². The number of phenols is 1. The van der Waals surface area contributed by atoms with Crippen LogP contribution in [-0.2, 0) is 21.4 Å². The average Bonchev–Trinajstić information content (AvgIpc) is 2.65. The van der Waals surface area contributed by atoms with Crippen LogP contribution in [0.3, 0.4) is 0 Å². The molecule has 2 heterocycles. The maximum absolute atomic E-state index is 13.6. The molecule has 2 bridgehead atoms. The van der Waals surface area contributed by atoms with Crippen molar-refractivity contribution in [1.29, 1.82) is 0 Å². The van der Waals surface area contributed by atoms with E-state index in [1.54, 1.807) is 17.9 Å². The Balaban J connectivity index is 1.72. The van der Waals surface area contributed by atoms with Crippen LogP contribution in [0.5, 0.6) is 5.75 Å². The van der Waals surface area contributed by atoms with Gasteiger partial charge in [-0.2, -0.15) is 0 Å². The lowest BCUT2D eigenvalue weighted by Crippen LogP contribution is -2.67. The third-order valence-corrected chi connectivity index (χ3v) is 8.10. The zero-order chi connectivity index (χ0) is 20.3. The molecular weight excluding hydrogens is 352 g/mol. The van der Waals surface area contributed by atoms with E-state index in [1.165, 1.54) is 5.56 Å². The number of piperidine rings is 2. The molecule has 2 amide bonds. The SMILES string of the molecule is CC(=O)N1CCCCC1C(=O)N1CC[C@@]2(C)c3cccc(O)c3C[C@H]1C2(C)C. The van der Waals surface area contributed by atoms with Gasteiger partial charge in [-0.25, -0.2) is 0 Å². The molecule has 1 aliphatic carbocycles. The van der Waals surface area contributed by atoms with Crippen molar-refractivity contribution in [2.45, 2.75) is 77.3 Å². The number of aromatic hydroxyl groups is 1. The molecule has 4 rings (SSSR count). The summed E-state index contributed by atoms with van der Waals surface area (Å²) in [6.07, 6.45) is 4.25. The first-order valence-electron chi connectivity index (χ1n) is 10.6.